The Kier molecular flexibility index (Phi) is 6.04. The smallest absolute Gasteiger partial charge is 0.261 e. The average molecular weight is 330 g/mol. The summed E-state index contributed by atoms with van der Waals surface area (Å²) in [7, 11) is 0. The van der Waals surface area contributed by atoms with Crippen molar-refractivity contribution in [2.45, 2.75) is 18.8 Å². The minimum Gasteiger partial charge on any atom is -0.396 e. The van der Waals surface area contributed by atoms with E-state index in [9.17, 15) is 4.79 Å². The zero-order valence-corrected chi connectivity index (χ0v) is 13.2. The summed E-state index contributed by atoms with van der Waals surface area (Å²) in [4.78, 5) is 13.8. The fourth-order valence-corrected chi connectivity index (χ4v) is 3.85. The minimum absolute atomic E-state index is 0.0872. The summed E-state index contributed by atoms with van der Waals surface area (Å²) >= 11 is 8.78. The van der Waals surface area contributed by atoms with Crippen LogP contribution in [0.3, 0.4) is 0 Å². The van der Waals surface area contributed by atoms with Crippen LogP contribution < -0.4 is 5.32 Å². The molecule has 0 unspecified atom stereocenters. The van der Waals surface area contributed by atoms with Gasteiger partial charge in [0, 0.05) is 18.0 Å². The van der Waals surface area contributed by atoms with E-state index in [2.05, 4.69) is 11.4 Å². The molecule has 2 aromatic heterocycles. The van der Waals surface area contributed by atoms with Gasteiger partial charge >= 0.3 is 0 Å². The van der Waals surface area contributed by atoms with Gasteiger partial charge in [-0.25, -0.2) is 0 Å². The molecule has 0 saturated carbocycles. The van der Waals surface area contributed by atoms with Crippen LogP contribution in [0.15, 0.2) is 29.6 Å². The molecule has 2 N–H and O–H groups in total. The molecule has 0 saturated heterocycles. The molecule has 0 radical (unpaired) electrons. The first-order valence-corrected chi connectivity index (χ1v) is 8.46. The molecule has 0 spiro atoms. The van der Waals surface area contributed by atoms with Crippen molar-refractivity contribution < 1.29 is 9.90 Å². The van der Waals surface area contributed by atoms with E-state index in [1.807, 2.05) is 11.4 Å². The molecule has 0 aromatic carbocycles. The number of aliphatic hydroxyl groups excluding tert-OH is 1. The summed E-state index contributed by atoms with van der Waals surface area (Å²) in [6.07, 6.45) is 1.55. The lowest BCUT2D eigenvalue weighted by Gasteiger charge is -2.14. The topological polar surface area (TPSA) is 49.3 Å². The molecule has 20 heavy (non-hydrogen) atoms. The van der Waals surface area contributed by atoms with Gasteiger partial charge in [0.15, 0.2) is 0 Å². The Balaban J connectivity index is 1.83. The van der Waals surface area contributed by atoms with E-state index in [4.69, 9.17) is 16.7 Å². The predicted molar refractivity (Wildman–Crippen MR) is 85.0 cm³/mol. The molecule has 0 aliphatic carbocycles. The van der Waals surface area contributed by atoms with Crippen molar-refractivity contribution >= 4 is 40.2 Å². The maximum atomic E-state index is 11.9. The van der Waals surface area contributed by atoms with E-state index in [1.54, 1.807) is 23.5 Å². The van der Waals surface area contributed by atoms with Crippen molar-refractivity contribution in [2.75, 3.05) is 13.2 Å². The highest BCUT2D eigenvalue weighted by atomic mass is 35.5. The van der Waals surface area contributed by atoms with Crippen molar-refractivity contribution in [3.8, 4) is 0 Å². The summed E-state index contributed by atoms with van der Waals surface area (Å²) < 4.78 is 0.617. The summed E-state index contributed by atoms with van der Waals surface area (Å²) in [5.41, 5.74) is 0. The van der Waals surface area contributed by atoms with E-state index in [0.29, 0.717) is 21.7 Å². The average Bonchev–Trinajstić information content (AvgIpc) is 3.08. The second-order valence-electron chi connectivity index (χ2n) is 4.37. The van der Waals surface area contributed by atoms with Crippen LogP contribution in [0.2, 0.25) is 4.34 Å². The maximum absolute atomic E-state index is 11.9. The Labute approximate surface area is 131 Å². The highest BCUT2D eigenvalue weighted by Crippen LogP contribution is 2.27. The van der Waals surface area contributed by atoms with Gasteiger partial charge in [-0.3, -0.25) is 4.79 Å². The first kappa shape index (κ1) is 15.5. The lowest BCUT2D eigenvalue weighted by atomic mass is 10.00. The van der Waals surface area contributed by atoms with Gasteiger partial charge in [-0.1, -0.05) is 17.7 Å². The Hall–Kier alpha value is -0.880. The van der Waals surface area contributed by atoms with E-state index >= 15 is 0 Å². The number of hydrogen-bond acceptors (Lipinski definition) is 4. The summed E-state index contributed by atoms with van der Waals surface area (Å²) in [5.74, 6) is 0.211. The standard InChI is InChI=1S/C14H16ClNO2S2/c15-13-4-3-12(20-13)14(18)16-7-5-10(6-8-17)11-2-1-9-19-11/h1-4,9-10,17H,5-8H2,(H,16,18)/t10-/m0/s1. The van der Waals surface area contributed by atoms with Crippen LogP contribution in [-0.4, -0.2) is 24.2 Å². The molecular weight excluding hydrogens is 314 g/mol. The van der Waals surface area contributed by atoms with Crippen LogP contribution in [0.4, 0.5) is 0 Å². The number of amides is 1. The van der Waals surface area contributed by atoms with Crippen molar-refractivity contribution in [1.82, 2.24) is 5.32 Å². The minimum atomic E-state index is -0.0872. The third-order valence-electron chi connectivity index (χ3n) is 3.00. The summed E-state index contributed by atoms with van der Waals surface area (Å²) in [6.45, 7) is 0.758. The number of nitrogens with one attached hydrogen (secondary N) is 1. The van der Waals surface area contributed by atoms with E-state index in [0.717, 1.165) is 12.8 Å². The molecule has 0 fully saturated rings. The largest absolute Gasteiger partial charge is 0.396 e. The second kappa shape index (κ2) is 7.78. The third-order valence-corrected chi connectivity index (χ3v) is 5.26. The number of thiophene rings is 2. The van der Waals surface area contributed by atoms with Gasteiger partial charge in [0.1, 0.15) is 0 Å². The van der Waals surface area contributed by atoms with Gasteiger partial charge in [-0.2, -0.15) is 0 Å². The van der Waals surface area contributed by atoms with E-state index < -0.39 is 0 Å². The number of carbonyl (C=O) groups is 1. The van der Waals surface area contributed by atoms with Gasteiger partial charge in [-0.05, 0) is 42.3 Å². The molecule has 1 amide bonds. The first-order chi connectivity index (χ1) is 9.70. The van der Waals surface area contributed by atoms with Gasteiger partial charge in [0.2, 0.25) is 0 Å². The molecule has 2 heterocycles. The predicted octanol–water partition coefficient (Wildman–Crippen LogP) is 3.75. The van der Waals surface area contributed by atoms with Gasteiger partial charge in [0.05, 0.1) is 9.21 Å². The molecule has 2 aromatic rings. The Bertz CT molecular complexity index is 539. The summed E-state index contributed by atoms with van der Waals surface area (Å²) in [6, 6.07) is 7.54. The van der Waals surface area contributed by atoms with Crippen molar-refractivity contribution in [3.05, 3.63) is 43.7 Å². The molecule has 0 aliphatic rings. The number of aliphatic hydroxyl groups is 1. The van der Waals surface area contributed by atoms with Gasteiger partial charge < -0.3 is 10.4 Å². The highest BCUT2D eigenvalue weighted by molar-refractivity contribution is 7.18. The Morgan fingerprint density at radius 3 is 2.80 bits per heavy atom. The Morgan fingerprint density at radius 1 is 1.35 bits per heavy atom. The van der Waals surface area contributed by atoms with Crippen molar-refractivity contribution in [3.63, 3.8) is 0 Å². The molecule has 1 atom stereocenters. The van der Waals surface area contributed by atoms with Crippen LogP contribution in [0.1, 0.15) is 33.3 Å². The van der Waals surface area contributed by atoms with Gasteiger partial charge in [-0.15, -0.1) is 22.7 Å². The quantitative estimate of drug-likeness (QED) is 0.812. The molecule has 0 bridgehead atoms. The Morgan fingerprint density at radius 2 is 2.20 bits per heavy atom. The lowest BCUT2D eigenvalue weighted by molar-refractivity contribution is 0.0956. The third kappa shape index (κ3) is 4.31. The maximum Gasteiger partial charge on any atom is 0.261 e. The number of hydrogen-bond donors (Lipinski definition) is 2. The van der Waals surface area contributed by atoms with Crippen molar-refractivity contribution in [2.24, 2.45) is 0 Å². The van der Waals surface area contributed by atoms with Crippen LogP contribution in [0.5, 0.6) is 0 Å². The summed E-state index contributed by atoms with van der Waals surface area (Å²) in [5, 5.41) is 14.1. The number of halogens is 1. The fourth-order valence-electron chi connectivity index (χ4n) is 1.99. The number of rotatable bonds is 7. The van der Waals surface area contributed by atoms with E-state index in [1.165, 1.54) is 16.2 Å². The van der Waals surface area contributed by atoms with Crippen molar-refractivity contribution in [1.29, 1.82) is 0 Å². The fraction of sp³-hybridized carbons (Fsp3) is 0.357. The van der Waals surface area contributed by atoms with E-state index in [-0.39, 0.29) is 12.5 Å². The second-order valence-corrected chi connectivity index (χ2v) is 7.07. The molecule has 108 valence electrons. The lowest BCUT2D eigenvalue weighted by Crippen LogP contribution is -2.24. The molecule has 3 nitrogen and oxygen atoms in total. The van der Waals surface area contributed by atoms with Gasteiger partial charge in [0.25, 0.3) is 5.91 Å². The van der Waals surface area contributed by atoms with Crippen LogP contribution >= 0.6 is 34.3 Å². The monoisotopic (exact) mass is 329 g/mol. The zero-order valence-electron chi connectivity index (χ0n) is 10.8. The molecule has 6 heteroatoms. The van der Waals surface area contributed by atoms with Crippen LogP contribution in [-0.2, 0) is 0 Å². The number of carbonyl (C=O) groups excluding carboxylic acids is 1. The van der Waals surface area contributed by atoms with Crippen LogP contribution in [0, 0.1) is 0 Å². The SMILES string of the molecule is O=C(NCC[C@@H](CCO)c1cccs1)c1ccc(Cl)s1. The molecule has 2 rings (SSSR count). The first-order valence-electron chi connectivity index (χ1n) is 6.38. The van der Waals surface area contributed by atoms with Crippen LogP contribution in [0.25, 0.3) is 0 Å². The highest BCUT2D eigenvalue weighted by Gasteiger charge is 2.13. The zero-order chi connectivity index (χ0) is 14.4. The molecular formula is C14H16ClNO2S2. The molecule has 0 aliphatic heterocycles. The normalized spacial score (nSPS) is 12.3.